The van der Waals surface area contributed by atoms with Crippen LogP contribution >= 0.6 is 0 Å². The third-order valence-corrected chi connectivity index (χ3v) is 2.77. The molecule has 0 amide bonds. The number of hydrogen-bond acceptors (Lipinski definition) is 7. The van der Waals surface area contributed by atoms with E-state index in [1.807, 2.05) is 0 Å². The van der Waals surface area contributed by atoms with Crippen LogP contribution in [-0.2, 0) is 34.7 Å². The smallest absolute Gasteiger partial charge is 0.368 e. The van der Waals surface area contributed by atoms with Crippen molar-refractivity contribution in [3.05, 3.63) is 22.7 Å². The van der Waals surface area contributed by atoms with Gasteiger partial charge in [0, 0.05) is 0 Å². The van der Waals surface area contributed by atoms with E-state index in [-0.39, 0.29) is 25.7 Å². The van der Waals surface area contributed by atoms with Crippen LogP contribution in [0.3, 0.4) is 0 Å². The van der Waals surface area contributed by atoms with Gasteiger partial charge in [-0.1, -0.05) is 7.77 Å². The molecular weight excluding hydrogens is 310 g/mol. The SMILES string of the molecule is CCOC(=COC=C(OCC)S(=O)(=O)F)S(=O)(=O)F. The zero-order valence-corrected chi connectivity index (χ0v) is 11.6. The summed E-state index contributed by atoms with van der Waals surface area (Å²) in [6.07, 6.45) is 0.534. The summed E-state index contributed by atoms with van der Waals surface area (Å²) in [6.45, 7) is 2.41. The Morgan fingerprint density at radius 2 is 1.21 bits per heavy atom. The van der Waals surface area contributed by atoms with Crippen molar-refractivity contribution in [1.29, 1.82) is 0 Å². The van der Waals surface area contributed by atoms with Crippen LogP contribution in [-0.4, -0.2) is 30.0 Å². The fourth-order valence-corrected chi connectivity index (χ4v) is 1.61. The van der Waals surface area contributed by atoms with Gasteiger partial charge in [-0.3, -0.25) is 0 Å². The van der Waals surface area contributed by atoms with Gasteiger partial charge in [-0.25, -0.2) is 0 Å². The van der Waals surface area contributed by atoms with E-state index >= 15 is 0 Å². The largest absolute Gasteiger partial charge is 0.479 e. The lowest BCUT2D eigenvalue weighted by molar-refractivity contribution is 0.218. The monoisotopic (exact) mass is 322 g/mol. The highest BCUT2D eigenvalue weighted by molar-refractivity contribution is 7.90. The number of rotatable bonds is 8. The Bertz CT molecular complexity index is 498. The molecule has 7 nitrogen and oxygen atoms in total. The van der Waals surface area contributed by atoms with Crippen molar-refractivity contribution in [2.45, 2.75) is 13.8 Å². The predicted molar refractivity (Wildman–Crippen MR) is 60.6 cm³/mol. The lowest BCUT2D eigenvalue weighted by Crippen LogP contribution is -2.04. The Kier molecular flexibility index (Phi) is 6.76. The van der Waals surface area contributed by atoms with Crippen LogP contribution in [0.5, 0.6) is 0 Å². The van der Waals surface area contributed by atoms with Crippen molar-refractivity contribution in [2.75, 3.05) is 13.2 Å². The van der Waals surface area contributed by atoms with Crippen LogP contribution in [0.4, 0.5) is 7.77 Å². The summed E-state index contributed by atoms with van der Waals surface area (Å²) in [5.74, 6) is 0. The molecule has 0 aliphatic rings. The standard InChI is InChI=1S/C8H12F2O7S2/c1-3-16-7(18(9,11)12)5-15-6-8(17-4-2)19(10,13)14/h5-6H,3-4H2,1-2H3. The summed E-state index contributed by atoms with van der Waals surface area (Å²) in [5, 5.41) is -2.36. The molecule has 0 spiro atoms. The van der Waals surface area contributed by atoms with Crippen molar-refractivity contribution in [1.82, 2.24) is 0 Å². The second kappa shape index (κ2) is 7.28. The first kappa shape index (κ1) is 17.6. The molecule has 0 atom stereocenters. The minimum Gasteiger partial charge on any atom is -0.479 e. The highest BCUT2D eigenvalue weighted by Gasteiger charge is 2.20. The first-order valence-electron chi connectivity index (χ1n) is 4.83. The van der Waals surface area contributed by atoms with E-state index in [4.69, 9.17) is 0 Å². The average Bonchev–Trinajstić information content (AvgIpc) is 2.23. The summed E-state index contributed by atoms with van der Waals surface area (Å²) in [6, 6.07) is 0. The Morgan fingerprint density at radius 3 is 1.42 bits per heavy atom. The molecule has 0 N–H and O–H groups in total. The van der Waals surface area contributed by atoms with Gasteiger partial charge < -0.3 is 14.2 Å². The van der Waals surface area contributed by atoms with Gasteiger partial charge >= 0.3 is 20.4 Å². The molecule has 0 fully saturated rings. The van der Waals surface area contributed by atoms with Gasteiger partial charge in [0.05, 0.1) is 13.2 Å². The van der Waals surface area contributed by atoms with E-state index in [0.717, 1.165) is 0 Å². The third kappa shape index (κ3) is 6.96. The van der Waals surface area contributed by atoms with Crippen molar-refractivity contribution in [3.63, 3.8) is 0 Å². The van der Waals surface area contributed by atoms with Crippen molar-refractivity contribution >= 4 is 20.4 Å². The van der Waals surface area contributed by atoms with E-state index < -0.39 is 30.6 Å². The molecule has 0 aromatic rings. The number of halogens is 2. The van der Waals surface area contributed by atoms with E-state index in [1.165, 1.54) is 13.8 Å². The van der Waals surface area contributed by atoms with Gasteiger partial charge in [0.1, 0.15) is 12.5 Å². The topological polar surface area (TPSA) is 96.0 Å². The number of ether oxygens (including phenoxy) is 3. The molecule has 19 heavy (non-hydrogen) atoms. The van der Waals surface area contributed by atoms with Crippen LogP contribution in [0.25, 0.3) is 0 Å². The zero-order valence-electron chi connectivity index (χ0n) is 10.00. The van der Waals surface area contributed by atoms with Crippen LogP contribution in [0.15, 0.2) is 22.7 Å². The van der Waals surface area contributed by atoms with Gasteiger partial charge in [-0.15, -0.1) is 0 Å². The summed E-state index contributed by atoms with van der Waals surface area (Å²) >= 11 is 0. The van der Waals surface area contributed by atoms with E-state index in [1.54, 1.807) is 0 Å². The number of hydrogen-bond donors (Lipinski definition) is 0. The normalized spacial score (nSPS) is 14.1. The Hall–Kier alpha value is -1.36. The Balaban J connectivity index is 5.12. The molecule has 11 heteroatoms. The van der Waals surface area contributed by atoms with Crippen LogP contribution in [0.1, 0.15) is 13.8 Å². The molecule has 0 aliphatic carbocycles. The second-order valence-corrected chi connectivity index (χ2v) is 5.31. The third-order valence-electron chi connectivity index (χ3n) is 1.38. The highest BCUT2D eigenvalue weighted by Crippen LogP contribution is 2.13. The van der Waals surface area contributed by atoms with E-state index in [0.29, 0.717) is 0 Å². The second-order valence-electron chi connectivity index (χ2n) is 2.75. The molecule has 0 rings (SSSR count). The molecule has 0 aromatic heterocycles. The van der Waals surface area contributed by atoms with E-state index in [2.05, 4.69) is 14.2 Å². The van der Waals surface area contributed by atoms with Crippen molar-refractivity contribution in [2.24, 2.45) is 0 Å². The molecular formula is C8H12F2O7S2. The molecule has 0 radical (unpaired) electrons. The van der Waals surface area contributed by atoms with Gasteiger partial charge in [-0.2, -0.15) is 16.8 Å². The van der Waals surface area contributed by atoms with Gasteiger partial charge in [0.2, 0.25) is 0 Å². The summed E-state index contributed by atoms with van der Waals surface area (Å²) < 4.78 is 80.4. The Morgan fingerprint density at radius 1 is 0.895 bits per heavy atom. The maximum absolute atomic E-state index is 12.6. The summed E-state index contributed by atoms with van der Waals surface area (Å²) in [5.41, 5.74) is 0. The molecule has 0 aliphatic heterocycles. The van der Waals surface area contributed by atoms with Crippen LogP contribution in [0, 0.1) is 0 Å². The molecule has 112 valence electrons. The van der Waals surface area contributed by atoms with E-state index in [9.17, 15) is 24.6 Å². The van der Waals surface area contributed by atoms with Gasteiger partial charge in [-0.05, 0) is 13.8 Å². The predicted octanol–water partition coefficient (Wildman–Crippen LogP) is 1.27. The fraction of sp³-hybridized carbons (Fsp3) is 0.500. The molecule has 0 saturated carbocycles. The zero-order chi connectivity index (χ0) is 15.1. The van der Waals surface area contributed by atoms with Gasteiger partial charge in [0.15, 0.2) is 0 Å². The maximum Gasteiger partial charge on any atom is 0.368 e. The maximum atomic E-state index is 12.6. The average molecular weight is 322 g/mol. The molecule has 0 unspecified atom stereocenters. The highest BCUT2D eigenvalue weighted by atomic mass is 32.3. The first-order chi connectivity index (χ1) is 8.62. The minimum absolute atomic E-state index is 0.179. The summed E-state index contributed by atoms with van der Waals surface area (Å²) in [4.78, 5) is 0. The first-order valence-corrected chi connectivity index (χ1v) is 7.60. The lowest BCUT2D eigenvalue weighted by Gasteiger charge is -2.04. The van der Waals surface area contributed by atoms with Crippen LogP contribution in [0.2, 0.25) is 0 Å². The summed E-state index contributed by atoms with van der Waals surface area (Å²) in [7, 11) is -10.3. The quantitative estimate of drug-likeness (QED) is 0.490. The lowest BCUT2D eigenvalue weighted by atomic mass is 10.8. The molecule has 0 saturated heterocycles. The molecule has 0 aromatic carbocycles. The minimum atomic E-state index is -5.17. The molecule has 0 heterocycles. The Labute approximate surface area is 109 Å². The van der Waals surface area contributed by atoms with Crippen molar-refractivity contribution in [3.8, 4) is 0 Å². The van der Waals surface area contributed by atoms with Crippen molar-refractivity contribution < 1.29 is 38.8 Å². The fourth-order valence-electron chi connectivity index (χ4n) is 0.753. The van der Waals surface area contributed by atoms with Gasteiger partial charge in [0.25, 0.3) is 10.2 Å². The molecule has 0 bridgehead atoms. The van der Waals surface area contributed by atoms with Crippen LogP contribution < -0.4 is 0 Å².